The van der Waals surface area contributed by atoms with E-state index in [-0.39, 0.29) is 55.9 Å². The molecule has 0 bridgehead atoms. The van der Waals surface area contributed by atoms with Crippen molar-refractivity contribution >= 4 is 5.97 Å². The molecule has 2 aliphatic rings. The van der Waals surface area contributed by atoms with Gasteiger partial charge in [-0.1, -0.05) is 27.7 Å². The molecule has 0 unspecified atom stereocenters. The van der Waals surface area contributed by atoms with Gasteiger partial charge in [0.05, 0.1) is 5.54 Å². The Morgan fingerprint density at radius 2 is 2.19 bits per heavy atom. The Balaban J connectivity index is 0.00000128. The second kappa shape index (κ2) is 4.66. The monoisotopic (exact) mass is 299 g/mol. The Morgan fingerprint density at radius 3 is 2.69 bits per heavy atom. The summed E-state index contributed by atoms with van der Waals surface area (Å²) in [6.45, 7) is 9.30. The zero-order chi connectivity index (χ0) is 11.3. The van der Waals surface area contributed by atoms with Gasteiger partial charge in [0.25, 0.3) is 0 Å². The zero-order valence-corrected chi connectivity index (χ0v) is 13.5. The van der Waals surface area contributed by atoms with Crippen LogP contribution >= 0.6 is 0 Å². The smallest absolute Gasteiger partial charge is 0.325 e. The van der Waals surface area contributed by atoms with Gasteiger partial charge in [-0.05, 0) is 6.42 Å². The predicted octanol–water partition coefficient (Wildman–Crippen LogP) is 1.97. The maximum atomic E-state index is 12.0. The third-order valence-electron chi connectivity index (χ3n) is 3.57. The number of rotatable bonds is 1. The molecule has 2 atom stereocenters. The van der Waals surface area contributed by atoms with Crippen molar-refractivity contribution in [1.82, 2.24) is 4.90 Å². The van der Waals surface area contributed by atoms with E-state index >= 15 is 0 Å². The summed E-state index contributed by atoms with van der Waals surface area (Å²) in [6, 6.07) is 0. The van der Waals surface area contributed by atoms with Gasteiger partial charge < -0.3 is 11.2 Å². The molecular weight excluding hydrogens is 279 g/mol. The summed E-state index contributed by atoms with van der Waals surface area (Å²) >= 11 is 0. The summed E-state index contributed by atoms with van der Waals surface area (Å²) in [6.07, 6.45) is 3.82. The molecule has 0 aromatic heterocycles. The van der Waals surface area contributed by atoms with E-state index in [2.05, 4.69) is 39.0 Å². The Hall–Kier alpha value is 0.534. The maximum Gasteiger partial charge on any atom is 0.325 e. The van der Waals surface area contributed by atoms with Crippen molar-refractivity contribution in [3.8, 4) is 0 Å². The topological polar surface area (TPSA) is 29.5 Å². The fraction of sp³-hybridized carbons (Fsp3) is 0.833. The second-order valence-corrected chi connectivity index (χ2v) is 5.65. The van der Waals surface area contributed by atoms with Crippen LogP contribution in [0.15, 0.2) is 0 Å². The van der Waals surface area contributed by atoms with Crippen LogP contribution in [0.25, 0.3) is 0 Å². The van der Waals surface area contributed by atoms with Crippen LogP contribution in [0, 0.1) is 11.8 Å². The number of carbonyl (C=O) groups excluding carboxylic acids is 1. The maximum absolute atomic E-state index is 12.0. The van der Waals surface area contributed by atoms with E-state index < -0.39 is 0 Å². The molecule has 1 radical (unpaired) electrons. The van der Waals surface area contributed by atoms with Crippen molar-refractivity contribution in [3.05, 3.63) is 6.42 Å². The third-order valence-corrected chi connectivity index (χ3v) is 3.57. The summed E-state index contributed by atoms with van der Waals surface area (Å²) in [5.41, 5.74) is -0.358. The minimum Gasteiger partial charge on any atom is -0.445 e. The quantitative estimate of drug-likeness (QED) is 0.548. The van der Waals surface area contributed by atoms with Gasteiger partial charge in [0, 0.05) is 38.1 Å². The van der Waals surface area contributed by atoms with Crippen molar-refractivity contribution in [1.29, 1.82) is 0 Å². The Labute approximate surface area is 123 Å². The normalized spacial score (nSPS) is 34.5. The molecule has 3 nitrogen and oxygen atoms in total. The molecule has 2 aliphatic heterocycles. The molecular formula is C12H20NO2Y-. The molecule has 0 aromatic rings. The van der Waals surface area contributed by atoms with E-state index in [0.29, 0.717) is 0 Å². The number of cyclic esters (lactones) is 1. The molecule has 0 N–H and O–H groups in total. The minimum atomic E-state index is -0.349. The largest absolute Gasteiger partial charge is 0.445 e. The first kappa shape index (κ1) is 14.6. The van der Waals surface area contributed by atoms with Gasteiger partial charge in [0.15, 0.2) is 6.23 Å². The van der Waals surface area contributed by atoms with Crippen molar-refractivity contribution in [2.24, 2.45) is 5.41 Å². The number of hydrogen-bond acceptors (Lipinski definition) is 3. The number of carbonyl (C=O) groups is 1. The average molecular weight is 299 g/mol. The van der Waals surface area contributed by atoms with E-state index in [1.54, 1.807) is 0 Å². The van der Waals surface area contributed by atoms with Crippen LogP contribution in [-0.4, -0.2) is 29.2 Å². The van der Waals surface area contributed by atoms with Gasteiger partial charge in [0.2, 0.25) is 0 Å². The minimum absolute atomic E-state index is 0. The molecule has 0 saturated carbocycles. The molecule has 16 heavy (non-hydrogen) atoms. The number of fused-ring (bicyclic) bond motifs is 1. The molecule has 0 aromatic carbocycles. The average Bonchev–Trinajstić information content (AvgIpc) is 2.64. The van der Waals surface area contributed by atoms with Crippen molar-refractivity contribution < 1.29 is 42.2 Å². The zero-order valence-electron chi connectivity index (χ0n) is 10.6. The Kier molecular flexibility index (Phi) is 4.25. The van der Waals surface area contributed by atoms with Crippen LogP contribution in [0.4, 0.5) is 0 Å². The molecule has 2 fully saturated rings. The molecule has 2 rings (SSSR count). The van der Waals surface area contributed by atoms with Crippen molar-refractivity contribution in [2.75, 3.05) is 6.54 Å². The summed E-state index contributed by atoms with van der Waals surface area (Å²) in [5, 5.41) is 0. The van der Waals surface area contributed by atoms with Crippen LogP contribution in [0.2, 0.25) is 0 Å². The first-order valence-electron chi connectivity index (χ1n) is 5.71. The van der Waals surface area contributed by atoms with Gasteiger partial charge in [-0.2, -0.15) is 0 Å². The van der Waals surface area contributed by atoms with Crippen LogP contribution in [-0.2, 0) is 42.2 Å². The molecule has 0 spiro atoms. The summed E-state index contributed by atoms with van der Waals surface area (Å²) < 4.78 is 5.55. The Morgan fingerprint density at radius 1 is 1.56 bits per heavy atom. The van der Waals surface area contributed by atoms with E-state index in [4.69, 9.17) is 4.74 Å². The summed E-state index contributed by atoms with van der Waals surface area (Å²) in [4.78, 5) is 14.2. The first-order chi connectivity index (χ1) is 6.92. The fourth-order valence-corrected chi connectivity index (χ4v) is 2.67. The van der Waals surface area contributed by atoms with E-state index in [1.807, 2.05) is 0 Å². The molecule has 2 saturated heterocycles. The standard InChI is InChI=1S/C12H20NO2.Y/c1-5-12-7-6-8-13(12)9(11(2,3)4)15-10(12)14;/h6,9H,5,7-8H2,1-4H3;/q-1;/t9-,12+;/m1./s1. The second-order valence-electron chi connectivity index (χ2n) is 5.65. The van der Waals surface area contributed by atoms with E-state index in [0.717, 1.165) is 19.4 Å². The molecule has 0 aliphatic carbocycles. The fourth-order valence-electron chi connectivity index (χ4n) is 2.67. The molecule has 2 heterocycles. The SMILES string of the molecule is CC[C@@]12C[CH-]CN1[C@@H](C(C)(C)C)OC2=O.[Y]. The number of ether oxygens (including phenoxy) is 1. The van der Waals surface area contributed by atoms with Crippen molar-refractivity contribution in [2.45, 2.75) is 52.3 Å². The molecule has 89 valence electrons. The third kappa shape index (κ3) is 1.99. The van der Waals surface area contributed by atoms with Crippen molar-refractivity contribution in [3.63, 3.8) is 0 Å². The number of hydrogen-bond donors (Lipinski definition) is 0. The molecule has 0 amide bonds. The summed E-state index contributed by atoms with van der Waals surface area (Å²) in [5.74, 6) is -0.0290. The Bertz CT molecular complexity index is 287. The van der Waals surface area contributed by atoms with Gasteiger partial charge in [-0.25, -0.2) is 0 Å². The van der Waals surface area contributed by atoms with Gasteiger partial charge in [-0.15, -0.1) is 13.0 Å². The van der Waals surface area contributed by atoms with Crippen LogP contribution in [0.3, 0.4) is 0 Å². The van der Waals surface area contributed by atoms with E-state index in [9.17, 15) is 4.79 Å². The van der Waals surface area contributed by atoms with Gasteiger partial charge >= 0.3 is 5.97 Å². The number of esters is 1. The summed E-state index contributed by atoms with van der Waals surface area (Å²) in [7, 11) is 0. The van der Waals surface area contributed by atoms with Crippen LogP contribution < -0.4 is 0 Å². The van der Waals surface area contributed by atoms with E-state index in [1.165, 1.54) is 0 Å². The number of nitrogens with zero attached hydrogens (tertiary/aromatic N) is 1. The van der Waals surface area contributed by atoms with Crippen LogP contribution in [0.1, 0.15) is 40.5 Å². The van der Waals surface area contributed by atoms with Crippen LogP contribution in [0.5, 0.6) is 0 Å². The predicted molar refractivity (Wildman–Crippen MR) is 58.0 cm³/mol. The molecule has 4 heteroatoms. The van der Waals surface area contributed by atoms with Gasteiger partial charge in [0.1, 0.15) is 0 Å². The first-order valence-corrected chi connectivity index (χ1v) is 5.71. The van der Waals surface area contributed by atoms with Gasteiger partial charge in [-0.3, -0.25) is 9.69 Å².